The third-order valence-electron chi connectivity index (χ3n) is 0.204. The van der Waals surface area contributed by atoms with Crippen molar-refractivity contribution in [3.8, 4) is 0 Å². The van der Waals surface area contributed by atoms with E-state index in [0.717, 1.165) is 6.42 Å². The van der Waals surface area contributed by atoms with Crippen molar-refractivity contribution in [1.29, 1.82) is 0 Å². The van der Waals surface area contributed by atoms with Crippen LogP contribution < -0.4 is 34.7 Å². The van der Waals surface area contributed by atoms with Gasteiger partial charge >= 0.3 is 40.0 Å². The first kappa shape index (κ1) is 17.1. The molecule has 0 bridgehead atoms. The Morgan fingerprint density at radius 2 is 1.50 bits per heavy atom. The molecule has 0 atom stereocenters. The van der Waals surface area contributed by atoms with E-state index in [1.165, 1.54) is 0 Å². The number of rotatable bonds is 1. The van der Waals surface area contributed by atoms with Gasteiger partial charge in [-0.25, -0.2) is 0 Å². The molecule has 0 fully saturated rings. The Balaban J connectivity index is -0.0000000910. The fraction of sp³-hybridized carbons (Fsp3) is 1.00. The van der Waals surface area contributed by atoms with Gasteiger partial charge in [-0.3, -0.25) is 9.11 Å². The fourth-order valence-electron chi connectivity index (χ4n) is 0. The molecule has 0 spiro atoms. The van der Waals surface area contributed by atoms with Crippen molar-refractivity contribution in [3.63, 3.8) is 0 Å². The summed E-state index contributed by atoms with van der Waals surface area (Å²) in [6.07, 6.45) is 0.764. The van der Waals surface area contributed by atoms with Gasteiger partial charge in [-0.1, -0.05) is 13.3 Å². The average Bonchev–Trinajstić information content (AvgIpc) is 1.61. The molecular weight excluding hydrogens is 171 g/mol. The first-order valence-corrected chi connectivity index (χ1v) is 3.59. The van der Waals surface area contributed by atoms with Crippen LogP contribution in [0.5, 0.6) is 0 Å². The molecule has 0 aromatic heterocycles. The van der Waals surface area contributed by atoms with Crippen LogP contribution in [0.25, 0.3) is 0 Å². The van der Waals surface area contributed by atoms with E-state index in [1.807, 2.05) is 6.92 Å². The molecule has 0 amide bonds. The van der Waals surface area contributed by atoms with Crippen LogP contribution in [0.2, 0.25) is 0 Å². The molecule has 5 nitrogen and oxygen atoms in total. The summed E-state index contributed by atoms with van der Waals surface area (Å²) in [5, 5.41) is 9.30. The molecule has 0 aliphatic carbocycles. The molecule has 0 aromatic carbocycles. The third kappa shape index (κ3) is 162. The van der Waals surface area contributed by atoms with Crippen LogP contribution in [-0.2, 0) is 10.4 Å². The van der Waals surface area contributed by atoms with E-state index in [-0.39, 0.29) is 36.2 Å². The van der Waals surface area contributed by atoms with Gasteiger partial charge in [-0.2, -0.15) is 8.42 Å². The summed E-state index contributed by atoms with van der Waals surface area (Å²) in [7, 11) is -4.67. The van der Waals surface area contributed by atoms with E-state index < -0.39 is 10.4 Å². The second-order valence-electron chi connectivity index (χ2n) is 1.15. The number of hydrogen-bond acceptors (Lipinski definition) is 3. The standard InChI is InChI=1S/C3H7O.Na.H2O4S/c1-2-3-4;;1-5(2,3)4/h2-3H2,1H3;;(H2,1,2,3,4)/q-1;+1;. The van der Waals surface area contributed by atoms with E-state index in [9.17, 15) is 5.11 Å². The van der Waals surface area contributed by atoms with Crippen LogP contribution in [0.4, 0.5) is 0 Å². The SMILES string of the molecule is CCC[O-].O=S(=O)(O)O.[Na+]. The van der Waals surface area contributed by atoms with Gasteiger partial charge in [0.1, 0.15) is 0 Å². The molecule has 0 rings (SSSR count). The van der Waals surface area contributed by atoms with E-state index in [2.05, 4.69) is 0 Å². The molecule has 0 aromatic rings. The quantitative estimate of drug-likeness (QED) is 0.317. The van der Waals surface area contributed by atoms with E-state index >= 15 is 0 Å². The summed E-state index contributed by atoms with van der Waals surface area (Å²) in [6.45, 7) is 1.94. The molecule has 0 saturated heterocycles. The Hall–Kier alpha value is 0.830. The summed E-state index contributed by atoms with van der Waals surface area (Å²) in [5.74, 6) is 0. The van der Waals surface area contributed by atoms with Gasteiger partial charge in [0.2, 0.25) is 0 Å². The summed E-state index contributed by atoms with van der Waals surface area (Å²) < 4.78 is 31.6. The van der Waals surface area contributed by atoms with Crippen molar-refractivity contribution < 1.29 is 52.2 Å². The van der Waals surface area contributed by atoms with Crippen molar-refractivity contribution in [2.24, 2.45) is 0 Å². The van der Waals surface area contributed by atoms with Gasteiger partial charge < -0.3 is 5.11 Å². The van der Waals surface area contributed by atoms with Gasteiger partial charge in [0.15, 0.2) is 0 Å². The van der Waals surface area contributed by atoms with Crippen molar-refractivity contribution in [2.45, 2.75) is 13.3 Å². The third-order valence-corrected chi connectivity index (χ3v) is 0.204. The fourth-order valence-corrected chi connectivity index (χ4v) is 0. The van der Waals surface area contributed by atoms with E-state index in [4.69, 9.17) is 17.5 Å². The molecule has 0 radical (unpaired) electrons. The van der Waals surface area contributed by atoms with E-state index in [1.54, 1.807) is 0 Å². The maximum atomic E-state index is 9.30. The van der Waals surface area contributed by atoms with Crippen molar-refractivity contribution in [2.75, 3.05) is 6.61 Å². The van der Waals surface area contributed by atoms with Crippen LogP contribution in [0.1, 0.15) is 13.3 Å². The summed E-state index contributed by atoms with van der Waals surface area (Å²) in [4.78, 5) is 0. The predicted octanol–water partition coefficient (Wildman–Crippen LogP) is -3.89. The number of hydrogen-bond donors (Lipinski definition) is 2. The molecule has 0 heterocycles. The van der Waals surface area contributed by atoms with E-state index in [0.29, 0.717) is 0 Å². The van der Waals surface area contributed by atoms with Crippen LogP contribution in [0.15, 0.2) is 0 Å². The topological polar surface area (TPSA) is 97.7 Å². The molecule has 0 unspecified atom stereocenters. The zero-order chi connectivity index (χ0) is 7.91. The minimum atomic E-state index is -4.67. The Morgan fingerprint density at radius 3 is 1.50 bits per heavy atom. The molecule has 0 aliphatic heterocycles. The Kier molecular flexibility index (Phi) is 16.8. The van der Waals surface area contributed by atoms with Crippen LogP contribution in [0, 0.1) is 0 Å². The molecule has 0 saturated carbocycles. The Bertz CT molecular complexity index is 120. The van der Waals surface area contributed by atoms with Crippen LogP contribution in [-0.4, -0.2) is 24.1 Å². The second kappa shape index (κ2) is 9.83. The summed E-state index contributed by atoms with van der Waals surface area (Å²) >= 11 is 0. The molecule has 7 heteroatoms. The first-order chi connectivity index (χ1) is 3.91. The molecular formula is C3H9NaO5S. The van der Waals surface area contributed by atoms with Crippen molar-refractivity contribution in [3.05, 3.63) is 0 Å². The first-order valence-electron chi connectivity index (χ1n) is 2.19. The summed E-state index contributed by atoms with van der Waals surface area (Å²) in [5.41, 5.74) is 0. The zero-order valence-electron chi connectivity index (χ0n) is 5.94. The molecule has 58 valence electrons. The Morgan fingerprint density at radius 1 is 1.40 bits per heavy atom. The minimum Gasteiger partial charge on any atom is -0.854 e. The van der Waals surface area contributed by atoms with Crippen molar-refractivity contribution in [1.82, 2.24) is 0 Å². The zero-order valence-corrected chi connectivity index (χ0v) is 8.76. The predicted molar refractivity (Wildman–Crippen MR) is 29.3 cm³/mol. The monoisotopic (exact) mass is 180 g/mol. The second-order valence-corrected chi connectivity index (χ2v) is 2.05. The van der Waals surface area contributed by atoms with Crippen LogP contribution >= 0.6 is 0 Å². The molecule has 10 heavy (non-hydrogen) atoms. The van der Waals surface area contributed by atoms with Gasteiger partial charge in [-0.15, -0.1) is 6.61 Å². The smallest absolute Gasteiger partial charge is 0.854 e. The maximum Gasteiger partial charge on any atom is 1.00 e. The van der Waals surface area contributed by atoms with Gasteiger partial charge in [-0.05, 0) is 0 Å². The maximum absolute atomic E-state index is 9.30. The largest absolute Gasteiger partial charge is 1.00 e. The summed E-state index contributed by atoms with van der Waals surface area (Å²) in [6, 6.07) is 0. The van der Waals surface area contributed by atoms with Gasteiger partial charge in [0.05, 0.1) is 0 Å². The van der Waals surface area contributed by atoms with Gasteiger partial charge in [0, 0.05) is 0 Å². The Labute approximate surface area is 82.3 Å². The van der Waals surface area contributed by atoms with Crippen LogP contribution in [0.3, 0.4) is 0 Å². The average molecular weight is 180 g/mol. The molecule has 0 aliphatic rings. The molecule has 2 N–H and O–H groups in total. The normalized spacial score (nSPS) is 8.80. The van der Waals surface area contributed by atoms with Gasteiger partial charge in [0.25, 0.3) is 0 Å². The minimum absolute atomic E-state index is 0. The van der Waals surface area contributed by atoms with Crippen molar-refractivity contribution >= 4 is 10.4 Å².